The second-order valence-corrected chi connectivity index (χ2v) is 7.89. The summed E-state index contributed by atoms with van der Waals surface area (Å²) in [6.45, 7) is 2.24. The van der Waals surface area contributed by atoms with Crippen LogP contribution in [-0.2, 0) is 16.8 Å². The van der Waals surface area contributed by atoms with Gasteiger partial charge in [0.15, 0.2) is 0 Å². The van der Waals surface area contributed by atoms with Crippen LogP contribution in [0, 0.1) is 5.82 Å². The van der Waals surface area contributed by atoms with Gasteiger partial charge in [-0.25, -0.2) is 8.78 Å². The molecule has 0 spiro atoms. The van der Waals surface area contributed by atoms with Gasteiger partial charge in [0.25, 0.3) is 0 Å². The van der Waals surface area contributed by atoms with Gasteiger partial charge in [0.05, 0.1) is 11.4 Å². The van der Waals surface area contributed by atoms with Crippen LogP contribution in [0.15, 0.2) is 54.7 Å². The Morgan fingerprint density at radius 1 is 1.16 bits per heavy atom. The Kier molecular flexibility index (Phi) is 5.88. The van der Waals surface area contributed by atoms with Gasteiger partial charge in [-0.15, -0.1) is 10.2 Å². The fourth-order valence-corrected chi connectivity index (χ4v) is 3.89. The zero-order valence-corrected chi connectivity index (χ0v) is 17.1. The number of anilines is 1. The molecule has 3 aromatic rings. The van der Waals surface area contributed by atoms with Crippen LogP contribution in [0.25, 0.3) is 11.3 Å². The van der Waals surface area contributed by atoms with Crippen molar-refractivity contribution in [2.24, 2.45) is 0 Å². The molecule has 1 amide bonds. The summed E-state index contributed by atoms with van der Waals surface area (Å²) in [5.41, 5.74) is 2.13. The molecule has 2 heterocycles. The third-order valence-electron chi connectivity index (χ3n) is 5.52. The minimum Gasteiger partial charge on any atom is -0.368 e. The molecule has 0 radical (unpaired) electrons. The molecule has 1 aromatic carbocycles. The third kappa shape index (κ3) is 4.68. The Balaban J connectivity index is 1.45. The van der Waals surface area contributed by atoms with E-state index >= 15 is 0 Å². The summed E-state index contributed by atoms with van der Waals surface area (Å²) in [6, 6.07) is 14.2. The molecular weight excluding hydrogens is 400 g/mol. The molecule has 0 unspecified atom stereocenters. The number of aromatic nitrogens is 3. The largest absolute Gasteiger partial charge is 0.368 e. The SMILES string of the molecule is CC(=O)NCc1cccc(-c2ccc(NCC3(c4ncccc4F)CC(F)C3)nn2)c1. The molecule has 2 aromatic heterocycles. The summed E-state index contributed by atoms with van der Waals surface area (Å²) in [4.78, 5) is 15.3. The number of rotatable bonds is 7. The molecule has 1 aliphatic carbocycles. The Morgan fingerprint density at radius 2 is 2.00 bits per heavy atom. The maximum Gasteiger partial charge on any atom is 0.217 e. The number of pyridine rings is 1. The van der Waals surface area contributed by atoms with Crippen molar-refractivity contribution >= 4 is 11.7 Å². The van der Waals surface area contributed by atoms with E-state index in [1.165, 1.54) is 25.3 Å². The Morgan fingerprint density at radius 3 is 2.68 bits per heavy atom. The van der Waals surface area contributed by atoms with Crippen LogP contribution in [-0.4, -0.2) is 33.8 Å². The quantitative estimate of drug-likeness (QED) is 0.604. The maximum atomic E-state index is 14.3. The molecule has 6 nitrogen and oxygen atoms in total. The highest BCUT2D eigenvalue weighted by Gasteiger charge is 2.48. The van der Waals surface area contributed by atoms with Gasteiger partial charge in [-0.3, -0.25) is 9.78 Å². The van der Waals surface area contributed by atoms with Gasteiger partial charge in [-0.1, -0.05) is 18.2 Å². The summed E-state index contributed by atoms with van der Waals surface area (Å²) in [5.74, 6) is 0.0162. The summed E-state index contributed by atoms with van der Waals surface area (Å²) in [5, 5.41) is 14.4. The van der Waals surface area contributed by atoms with Crippen LogP contribution in [0.4, 0.5) is 14.6 Å². The van der Waals surface area contributed by atoms with E-state index in [9.17, 15) is 13.6 Å². The van der Waals surface area contributed by atoms with Crippen molar-refractivity contribution < 1.29 is 13.6 Å². The molecule has 0 atom stereocenters. The highest BCUT2D eigenvalue weighted by Crippen LogP contribution is 2.45. The second-order valence-electron chi connectivity index (χ2n) is 7.89. The number of nitrogens with zero attached hydrogens (tertiary/aromatic N) is 3. The van der Waals surface area contributed by atoms with Gasteiger partial charge in [0.1, 0.15) is 17.8 Å². The van der Waals surface area contributed by atoms with Gasteiger partial charge in [-0.2, -0.15) is 0 Å². The Labute approximate surface area is 179 Å². The second kappa shape index (κ2) is 8.75. The molecule has 1 fully saturated rings. The lowest BCUT2D eigenvalue weighted by Crippen LogP contribution is -2.49. The highest BCUT2D eigenvalue weighted by atomic mass is 19.1. The van der Waals surface area contributed by atoms with Gasteiger partial charge in [0, 0.05) is 37.2 Å². The molecule has 31 heavy (non-hydrogen) atoms. The molecule has 0 saturated heterocycles. The van der Waals surface area contributed by atoms with Crippen LogP contribution in [0.3, 0.4) is 0 Å². The first-order chi connectivity index (χ1) is 14.9. The van der Waals surface area contributed by atoms with Crippen LogP contribution in [0.1, 0.15) is 31.0 Å². The molecular formula is C23H23F2N5O. The zero-order valence-electron chi connectivity index (χ0n) is 17.1. The summed E-state index contributed by atoms with van der Waals surface area (Å²) in [6.07, 6.45) is 1.02. The molecule has 2 N–H and O–H groups in total. The average molecular weight is 423 g/mol. The molecule has 1 aliphatic rings. The van der Waals surface area contributed by atoms with Crippen LogP contribution < -0.4 is 10.6 Å². The van der Waals surface area contributed by atoms with Crippen LogP contribution in [0.2, 0.25) is 0 Å². The Hall–Kier alpha value is -3.42. The smallest absolute Gasteiger partial charge is 0.217 e. The predicted octanol–water partition coefficient (Wildman–Crippen LogP) is 3.80. The minimum atomic E-state index is -0.957. The summed E-state index contributed by atoms with van der Waals surface area (Å²) in [7, 11) is 0. The predicted molar refractivity (Wildman–Crippen MR) is 113 cm³/mol. The minimum absolute atomic E-state index is 0.0884. The number of halogens is 2. The van der Waals surface area contributed by atoms with Crippen molar-refractivity contribution in [3.05, 3.63) is 71.8 Å². The van der Waals surface area contributed by atoms with Crippen molar-refractivity contribution in [3.63, 3.8) is 0 Å². The van der Waals surface area contributed by atoms with Crippen molar-refractivity contribution in [1.82, 2.24) is 20.5 Å². The van der Waals surface area contributed by atoms with E-state index in [2.05, 4.69) is 25.8 Å². The van der Waals surface area contributed by atoms with Crippen LogP contribution in [0.5, 0.6) is 0 Å². The van der Waals surface area contributed by atoms with E-state index in [1.54, 1.807) is 6.07 Å². The third-order valence-corrected chi connectivity index (χ3v) is 5.52. The van der Waals surface area contributed by atoms with E-state index in [0.717, 1.165) is 11.1 Å². The van der Waals surface area contributed by atoms with E-state index in [1.807, 2.05) is 30.3 Å². The number of amides is 1. The lowest BCUT2D eigenvalue weighted by molar-refractivity contribution is -0.119. The standard InChI is InChI=1S/C23H23F2N5O/c1-15(31)27-13-16-4-2-5-17(10-16)20-7-8-21(30-29-20)28-14-23(11-18(24)12-23)22-19(25)6-3-9-26-22/h2-10,18H,11-14H2,1H3,(H,27,31)(H,28,30). The molecule has 0 aliphatic heterocycles. The number of benzene rings is 1. The summed E-state index contributed by atoms with van der Waals surface area (Å²) >= 11 is 0. The number of nitrogens with one attached hydrogen (secondary N) is 2. The fraction of sp³-hybridized carbons (Fsp3) is 0.304. The summed E-state index contributed by atoms with van der Waals surface area (Å²) < 4.78 is 28.0. The molecule has 0 bridgehead atoms. The van der Waals surface area contributed by atoms with Gasteiger partial charge in [0.2, 0.25) is 5.91 Å². The normalized spacial score (nSPS) is 20.0. The molecule has 160 valence electrons. The number of alkyl halides is 1. The maximum absolute atomic E-state index is 14.3. The first-order valence-corrected chi connectivity index (χ1v) is 10.1. The van der Waals surface area contributed by atoms with Gasteiger partial charge < -0.3 is 10.6 Å². The van der Waals surface area contributed by atoms with E-state index in [4.69, 9.17) is 0 Å². The highest BCUT2D eigenvalue weighted by molar-refractivity contribution is 5.72. The van der Waals surface area contributed by atoms with E-state index < -0.39 is 17.4 Å². The van der Waals surface area contributed by atoms with Crippen molar-refractivity contribution in [1.29, 1.82) is 0 Å². The van der Waals surface area contributed by atoms with Crippen molar-refractivity contribution in [3.8, 4) is 11.3 Å². The van der Waals surface area contributed by atoms with E-state index in [0.29, 0.717) is 24.6 Å². The molecule has 8 heteroatoms. The Bertz CT molecular complexity index is 1070. The first-order valence-electron chi connectivity index (χ1n) is 10.1. The monoisotopic (exact) mass is 423 g/mol. The molecule has 1 saturated carbocycles. The number of carbonyl (C=O) groups is 1. The number of carbonyl (C=O) groups excluding carboxylic acids is 1. The van der Waals surface area contributed by atoms with Gasteiger partial charge >= 0.3 is 0 Å². The van der Waals surface area contributed by atoms with Crippen molar-refractivity contribution in [2.75, 3.05) is 11.9 Å². The zero-order chi connectivity index (χ0) is 21.8. The topological polar surface area (TPSA) is 79.8 Å². The molecule has 4 rings (SSSR count). The van der Waals surface area contributed by atoms with E-state index in [-0.39, 0.29) is 24.4 Å². The van der Waals surface area contributed by atoms with Crippen molar-refractivity contribution in [2.45, 2.75) is 37.9 Å². The number of hydrogen-bond donors (Lipinski definition) is 2. The lowest BCUT2D eigenvalue weighted by atomic mass is 9.65. The average Bonchev–Trinajstić information content (AvgIpc) is 2.75. The lowest BCUT2D eigenvalue weighted by Gasteiger charge is -2.44. The fourth-order valence-electron chi connectivity index (χ4n) is 3.89. The number of hydrogen-bond acceptors (Lipinski definition) is 5. The van der Waals surface area contributed by atoms with Gasteiger partial charge in [-0.05, 0) is 48.7 Å². The van der Waals surface area contributed by atoms with Crippen LogP contribution >= 0.6 is 0 Å². The first kappa shape index (κ1) is 20.8.